The highest BCUT2D eigenvalue weighted by Gasteiger charge is 2.36. The van der Waals surface area contributed by atoms with Gasteiger partial charge in [0.2, 0.25) is 0 Å². The number of oxime groups is 1. The molecule has 1 aromatic carbocycles. The second-order valence-corrected chi connectivity index (χ2v) is 3.31. The SMILES string of the molecule is C/C(=N\O/C=C/C(=O)C(F)(F)F)c1ccccc1. The fourth-order valence-corrected chi connectivity index (χ4v) is 1.03. The Morgan fingerprint density at radius 2 is 1.89 bits per heavy atom. The molecule has 0 aliphatic carbocycles. The molecule has 0 bridgehead atoms. The van der Waals surface area contributed by atoms with Crippen LogP contribution in [0, 0.1) is 0 Å². The van der Waals surface area contributed by atoms with Crippen molar-refractivity contribution in [2.75, 3.05) is 0 Å². The van der Waals surface area contributed by atoms with Gasteiger partial charge in [-0.3, -0.25) is 4.79 Å². The van der Waals surface area contributed by atoms with E-state index in [-0.39, 0.29) is 6.08 Å². The number of carbonyl (C=O) groups excluding carboxylic acids is 1. The molecule has 0 aromatic heterocycles. The van der Waals surface area contributed by atoms with Crippen molar-refractivity contribution < 1.29 is 22.8 Å². The lowest BCUT2D eigenvalue weighted by Gasteiger charge is -1.99. The van der Waals surface area contributed by atoms with Gasteiger partial charge in [-0.2, -0.15) is 13.2 Å². The predicted octanol–water partition coefficient (Wildman–Crippen LogP) is 3.07. The molecule has 0 aliphatic heterocycles. The minimum absolute atomic E-state index is 0.280. The summed E-state index contributed by atoms with van der Waals surface area (Å²) in [5.74, 6) is -1.99. The van der Waals surface area contributed by atoms with E-state index in [1.54, 1.807) is 31.2 Å². The van der Waals surface area contributed by atoms with Crippen LogP contribution < -0.4 is 0 Å². The summed E-state index contributed by atoms with van der Waals surface area (Å²) >= 11 is 0. The molecule has 0 saturated heterocycles. The Hall–Kier alpha value is -2.11. The van der Waals surface area contributed by atoms with E-state index >= 15 is 0 Å². The zero-order chi connectivity index (χ0) is 13.6. The van der Waals surface area contributed by atoms with E-state index in [0.717, 1.165) is 5.56 Å². The maximum Gasteiger partial charge on any atom is 0.454 e. The molecule has 0 aliphatic rings. The Bertz CT molecular complexity index is 464. The normalized spacial score (nSPS) is 12.8. The third-order valence-electron chi connectivity index (χ3n) is 1.94. The van der Waals surface area contributed by atoms with Crippen molar-refractivity contribution >= 4 is 11.5 Å². The first-order valence-corrected chi connectivity index (χ1v) is 4.95. The number of allylic oxidation sites excluding steroid dienone is 1. The fraction of sp³-hybridized carbons (Fsp3) is 0.167. The molecule has 18 heavy (non-hydrogen) atoms. The average molecular weight is 257 g/mol. The lowest BCUT2D eigenvalue weighted by Crippen LogP contribution is -2.19. The quantitative estimate of drug-likeness (QED) is 0.360. The Kier molecular flexibility index (Phi) is 4.65. The van der Waals surface area contributed by atoms with Crippen molar-refractivity contribution in [3.63, 3.8) is 0 Å². The van der Waals surface area contributed by atoms with Crippen LogP contribution in [0.1, 0.15) is 12.5 Å². The van der Waals surface area contributed by atoms with Crippen LogP contribution in [0.5, 0.6) is 0 Å². The highest BCUT2D eigenvalue weighted by Crippen LogP contribution is 2.16. The molecule has 96 valence electrons. The van der Waals surface area contributed by atoms with E-state index in [1.165, 1.54) is 0 Å². The Morgan fingerprint density at radius 1 is 1.28 bits per heavy atom. The number of hydrogen-bond acceptors (Lipinski definition) is 3. The molecule has 0 heterocycles. The van der Waals surface area contributed by atoms with Gasteiger partial charge < -0.3 is 4.84 Å². The standard InChI is InChI=1S/C12H10F3NO2/c1-9(10-5-3-2-4-6-10)16-18-8-7-11(17)12(13,14)15/h2-8H,1H3/b8-7+,16-9+. The van der Waals surface area contributed by atoms with Crippen LogP contribution in [0.4, 0.5) is 13.2 Å². The Morgan fingerprint density at radius 3 is 2.44 bits per heavy atom. The number of rotatable bonds is 4. The number of nitrogens with zero attached hydrogens (tertiary/aromatic N) is 1. The number of hydrogen-bond donors (Lipinski definition) is 0. The largest absolute Gasteiger partial charge is 0.454 e. The molecule has 0 radical (unpaired) electrons. The summed E-state index contributed by atoms with van der Waals surface area (Å²) in [7, 11) is 0. The van der Waals surface area contributed by atoms with E-state index in [2.05, 4.69) is 9.99 Å². The molecule has 0 atom stereocenters. The van der Waals surface area contributed by atoms with Gasteiger partial charge in [-0.05, 0) is 12.5 Å². The summed E-state index contributed by atoms with van der Waals surface area (Å²) < 4.78 is 35.4. The summed E-state index contributed by atoms with van der Waals surface area (Å²) in [5.41, 5.74) is 1.26. The van der Waals surface area contributed by atoms with E-state index in [9.17, 15) is 18.0 Å². The summed E-state index contributed by atoms with van der Waals surface area (Å²) in [4.78, 5) is 14.9. The maximum atomic E-state index is 11.8. The van der Waals surface area contributed by atoms with E-state index < -0.39 is 12.0 Å². The van der Waals surface area contributed by atoms with E-state index in [4.69, 9.17) is 0 Å². The van der Waals surface area contributed by atoms with E-state index in [0.29, 0.717) is 12.0 Å². The third-order valence-corrected chi connectivity index (χ3v) is 1.94. The topological polar surface area (TPSA) is 38.7 Å². The monoisotopic (exact) mass is 257 g/mol. The summed E-state index contributed by atoms with van der Waals surface area (Å²) in [5, 5.41) is 3.56. The van der Waals surface area contributed by atoms with Gasteiger partial charge in [0.15, 0.2) is 0 Å². The van der Waals surface area contributed by atoms with Gasteiger partial charge in [-0.1, -0.05) is 35.5 Å². The second kappa shape index (κ2) is 6.00. The molecule has 3 nitrogen and oxygen atoms in total. The number of alkyl halides is 3. The molecule has 0 fully saturated rings. The summed E-state index contributed by atoms with van der Waals surface area (Å²) in [6.07, 6.45) is -4.01. The smallest absolute Gasteiger partial charge is 0.364 e. The molecule has 0 spiro atoms. The van der Waals surface area contributed by atoms with Crippen LogP contribution in [0.25, 0.3) is 0 Å². The first-order chi connectivity index (χ1) is 8.41. The molecule has 1 rings (SSSR count). The Balaban J connectivity index is 2.56. The zero-order valence-electron chi connectivity index (χ0n) is 9.44. The molecular formula is C12H10F3NO2. The minimum atomic E-state index is -4.89. The van der Waals surface area contributed by atoms with Crippen LogP contribution in [0.2, 0.25) is 0 Å². The molecule has 6 heteroatoms. The fourth-order valence-electron chi connectivity index (χ4n) is 1.03. The molecule has 1 aromatic rings. The number of ketones is 1. The van der Waals surface area contributed by atoms with Gasteiger partial charge in [-0.15, -0.1) is 0 Å². The highest BCUT2D eigenvalue weighted by molar-refractivity contribution is 5.98. The summed E-state index contributed by atoms with van der Waals surface area (Å²) in [6.45, 7) is 1.63. The lowest BCUT2D eigenvalue weighted by molar-refractivity contribution is -0.165. The average Bonchev–Trinajstić information content (AvgIpc) is 2.34. The predicted molar refractivity (Wildman–Crippen MR) is 59.9 cm³/mol. The molecule has 0 saturated carbocycles. The summed E-state index contributed by atoms with van der Waals surface area (Å²) in [6, 6.07) is 8.94. The van der Waals surface area contributed by atoms with Crippen molar-refractivity contribution in [1.82, 2.24) is 0 Å². The molecule has 0 unspecified atom stereocenters. The van der Waals surface area contributed by atoms with Crippen molar-refractivity contribution in [1.29, 1.82) is 0 Å². The molecular weight excluding hydrogens is 247 g/mol. The van der Waals surface area contributed by atoms with Gasteiger partial charge in [-0.25, -0.2) is 0 Å². The van der Waals surface area contributed by atoms with Gasteiger partial charge in [0.25, 0.3) is 5.78 Å². The van der Waals surface area contributed by atoms with Crippen LogP contribution >= 0.6 is 0 Å². The Labute approximate surface area is 102 Å². The van der Waals surface area contributed by atoms with Crippen molar-refractivity contribution in [3.8, 4) is 0 Å². The third kappa shape index (κ3) is 4.40. The van der Waals surface area contributed by atoms with Gasteiger partial charge in [0.1, 0.15) is 6.26 Å². The van der Waals surface area contributed by atoms with Crippen LogP contribution in [-0.2, 0) is 9.63 Å². The van der Waals surface area contributed by atoms with Gasteiger partial charge in [0, 0.05) is 6.08 Å². The van der Waals surface area contributed by atoms with E-state index in [1.807, 2.05) is 6.07 Å². The van der Waals surface area contributed by atoms with Crippen LogP contribution in [0.3, 0.4) is 0 Å². The minimum Gasteiger partial charge on any atom is -0.364 e. The molecule has 0 amide bonds. The van der Waals surface area contributed by atoms with Crippen molar-refractivity contribution in [2.24, 2.45) is 5.16 Å². The van der Waals surface area contributed by atoms with Crippen molar-refractivity contribution in [3.05, 3.63) is 48.2 Å². The first kappa shape index (κ1) is 14.0. The van der Waals surface area contributed by atoms with Crippen LogP contribution in [0.15, 0.2) is 47.8 Å². The molecule has 0 N–H and O–H groups in total. The zero-order valence-corrected chi connectivity index (χ0v) is 9.44. The highest BCUT2D eigenvalue weighted by atomic mass is 19.4. The first-order valence-electron chi connectivity index (χ1n) is 4.95. The van der Waals surface area contributed by atoms with Gasteiger partial charge in [0.05, 0.1) is 5.71 Å². The number of halogens is 3. The second-order valence-electron chi connectivity index (χ2n) is 3.31. The maximum absolute atomic E-state index is 11.8. The van der Waals surface area contributed by atoms with Gasteiger partial charge >= 0.3 is 6.18 Å². The lowest BCUT2D eigenvalue weighted by atomic mass is 10.1. The van der Waals surface area contributed by atoms with Crippen LogP contribution in [-0.4, -0.2) is 17.7 Å². The van der Waals surface area contributed by atoms with Crippen molar-refractivity contribution in [2.45, 2.75) is 13.1 Å². The number of carbonyl (C=O) groups is 1. The number of benzene rings is 1.